The molecule has 0 aliphatic rings. The fraction of sp³-hybridized carbons (Fsp3) is 0.474. The van der Waals surface area contributed by atoms with Gasteiger partial charge in [0.1, 0.15) is 19.0 Å². The summed E-state index contributed by atoms with van der Waals surface area (Å²) in [6.45, 7) is -0.636. The number of rotatable bonds is 13. The normalized spacial score (nSPS) is 15.0. The van der Waals surface area contributed by atoms with Crippen LogP contribution in [0, 0.1) is 0 Å². The van der Waals surface area contributed by atoms with E-state index in [1.807, 2.05) is 0 Å². The van der Waals surface area contributed by atoms with Gasteiger partial charge in [0, 0.05) is 12.0 Å². The van der Waals surface area contributed by atoms with Crippen LogP contribution in [0.25, 0.3) is 0 Å². The van der Waals surface area contributed by atoms with E-state index in [2.05, 4.69) is 10.6 Å². The molecular weight excluding hydrogens is 533 g/mol. The number of aliphatic hydroxyl groups excluding tert-OH is 1. The molecule has 4 atom stereocenters. The molecule has 190 valence electrons. The first-order valence-corrected chi connectivity index (χ1v) is 13.7. The molecule has 0 spiro atoms. The van der Waals surface area contributed by atoms with Gasteiger partial charge >= 0.3 is 5.97 Å². The number of nitrogens with two attached hydrogens (primary N) is 1. The molecule has 1 unspecified atom stereocenters. The highest BCUT2D eigenvalue weighted by atomic mass is 35.5. The van der Waals surface area contributed by atoms with Crippen molar-refractivity contribution in [2.24, 2.45) is 5.73 Å². The summed E-state index contributed by atoms with van der Waals surface area (Å²) in [5.41, 5.74) is 5.76. The van der Waals surface area contributed by atoms with Gasteiger partial charge in [0.15, 0.2) is 20.7 Å². The van der Waals surface area contributed by atoms with Crippen molar-refractivity contribution in [1.82, 2.24) is 10.6 Å². The average molecular weight is 558 g/mol. The SMILES string of the molecule is CSC[C@@H](C=O)NC(=O)C(N)C(=O)OC[C@@H](NC(=O)C(Cl)Cl)[C@H](O)c1ccc(S(C)(=O)=O)cc1. The summed E-state index contributed by atoms with van der Waals surface area (Å²) in [7, 11) is -3.48. The van der Waals surface area contributed by atoms with Crippen LogP contribution in [0.1, 0.15) is 11.7 Å². The Bertz CT molecular complexity index is 976. The van der Waals surface area contributed by atoms with E-state index in [4.69, 9.17) is 33.7 Å². The lowest BCUT2D eigenvalue weighted by molar-refractivity contribution is -0.150. The molecule has 0 aliphatic carbocycles. The zero-order valence-corrected chi connectivity index (χ0v) is 21.3. The van der Waals surface area contributed by atoms with Crippen LogP contribution in [0.4, 0.5) is 0 Å². The molecule has 0 heterocycles. The van der Waals surface area contributed by atoms with Gasteiger partial charge in [-0.2, -0.15) is 11.8 Å². The van der Waals surface area contributed by atoms with Crippen LogP contribution in [0.15, 0.2) is 29.2 Å². The first-order valence-electron chi connectivity index (χ1n) is 9.55. The number of carbonyl (C=O) groups excluding carboxylic acids is 4. The van der Waals surface area contributed by atoms with E-state index in [0.717, 1.165) is 6.26 Å². The molecule has 0 saturated heterocycles. The van der Waals surface area contributed by atoms with E-state index in [1.165, 1.54) is 36.0 Å². The van der Waals surface area contributed by atoms with Crippen LogP contribution in [-0.4, -0.2) is 85.4 Å². The van der Waals surface area contributed by atoms with E-state index < -0.39 is 63.3 Å². The molecule has 0 aromatic heterocycles. The van der Waals surface area contributed by atoms with Gasteiger partial charge in [-0.1, -0.05) is 35.3 Å². The van der Waals surface area contributed by atoms with Gasteiger partial charge < -0.3 is 31.0 Å². The van der Waals surface area contributed by atoms with Gasteiger partial charge in [0.2, 0.25) is 5.91 Å². The Morgan fingerprint density at radius 3 is 2.24 bits per heavy atom. The summed E-state index contributed by atoms with van der Waals surface area (Å²) in [5, 5.41) is 15.3. The van der Waals surface area contributed by atoms with Gasteiger partial charge in [-0.15, -0.1) is 0 Å². The maximum absolute atomic E-state index is 12.2. The van der Waals surface area contributed by atoms with Crippen molar-refractivity contribution in [2.45, 2.75) is 34.0 Å². The van der Waals surface area contributed by atoms with E-state index >= 15 is 0 Å². The summed E-state index contributed by atoms with van der Waals surface area (Å²) >= 11 is 12.4. The van der Waals surface area contributed by atoms with Crippen molar-refractivity contribution < 1.29 is 37.4 Å². The maximum Gasteiger partial charge on any atom is 0.332 e. The third-order valence-electron chi connectivity index (χ3n) is 4.34. The van der Waals surface area contributed by atoms with Crippen molar-refractivity contribution in [3.63, 3.8) is 0 Å². The Kier molecular flexibility index (Phi) is 12.3. The first-order chi connectivity index (χ1) is 15.8. The minimum absolute atomic E-state index is 0.00383. The summed E-state index contributed by atoms with van der Waals surface area (Å²) in [4.78, 5) is 45.8. The van der Waals surface area contributed by atoms with Crippen molar-refractivity contribution in [2.75, 3.05) is 24.9 Å². The molecule has 0 fully saturated rings. The predicted molar refractivity (Wildman–Crippen MR) is 127 cm³/mol. The number of hydrogen-bond acceptors (Lipinski definition) is 10. The Morgan fingerprint density at radius 1 is 1.18 bits per heavy atom. The van der Waals surface area contributed by atoms with Crippen molar-refractivity contribution in [3.05, 3.63) is 29.8 Å². The standard InChI is InChI=1S/C19H25Cl2N3O8S2/c1-33-9-11(7-25)23-17(27)14(22)19(29)32-8-13(24-18(28)16(20)21)15(26)10-3-5-12(6-4-10)34(2,30)31/h3-7,11,13-16,26H,8-9,22H2,1-2H3,(H,23,27)(H,24,28)/t11-,13-,14?,15-/m1/s1. The van der Waals surface area contributed by atoms with Crippen molar-refractivity contribution in [3.8, 4) is 0 Å². The minimum Gasteiger partial charge on any atom is -0.462 e. The number of amides is 2. The summed E-state index contributed by atoms with van der Waals surface area (Å²) in [6, 6.07) is 1.22. The Morgan fingerprint density at radius 2 is 1.76 bits per heavy atom. The molecule has 0 aliphatic heterocycles. The zero-order valence-electron chi connectivity index (χ0n) is 18.1. The fourth-order valence-electron chi connectivity index (χ4n) is 2.54. The molecule has 5 N–H and O–H groups in total. The number of ether oxygens (including phenoxy) is 1. The van der Waals surface area contributed by atoms with Crippen LogP contribution in [0.5, 0.6) is 0 Å². The molecule has 1 aromatic carbocycles. The molecule has 11 nitrogen and oxygen atoms in total. The number of halogens is 2. The molecule has 0 saturated carbocycles. The van der Waals surface area contributed by atoms with Gasteiger partial charge in [-0.3, -0.25) is 9.59 Å². The number of nitrogens with one attached hydrogen (secondary N) is 2. The van der Waals surface area contributed by atoms with E-state index in [0.29, 0.717) is 6.29 Å². The Hall–Kier alpha value is -1.90. The molecule has 2 amide bonds. The summed E-state index contributed by atoms with van der Waals surface area (Å²) in [5.74, 6) is -2.76. The third kappa shape index (κ3) is 9.39. The number of hydrogen-bond donors (Lipinski definition) is 4. The number of alkyl halides is 2. The molecular formula is C19H25Cl2N3O8S2. The minimum atomic E-state index is -3.48. The zero-order chi connectivity index (χ0) is 26.1. The predicted octanol–water partition coefficient (Wildman–Crippen LogP) is -0.671. The lowest BCUT2D eigenvalue weighted by Gasteiger charge is -2.25. The quantitative estimate of drug-likeness (QED) is 0.105. The second-order valence-corrected chi connectivity index (χ2v) is 11.0. The lowest BCUT2D eigenvalue weighted by Crippen LogP contribution is -2.52. The fourth-order valence-corrected chi connectivity index (χ4v) is 3.82. The number of esters is 1. The Balaban J connectivity index is 2.94. The molecule has 0 radical (unpaired) electrons. The van der Waals surface area contributed by atoms with Crippen LogP contribution in [0.2, 0.25) is 0 Å². The Labute approximate surface area is 211 Å². The number of aliphatic hydroxyl groups is 1. The molecule has 1 rings (SSSR count). The molecule has 15 heteroatoms. The van der Waals surface area contributed by atoms with Gasteiger partial charge in [-0.05, 0) is 24.0 Å². The summed E-state index contributed by atoms with van der Waals surface area (Å²) < 4.78 is 28.2. The van der Waals surface area contributed by atoms with E-state index in [1.54, 1.807) is 6.26 Å². The van der Waals surface area contributed by atoms with E-state index in [-0.39, 0.29) is 16.2 Å². The number of thioether (sulfide) groups is 1. The van der Waals surface area contributed by atoms with Gasteiger partial charge in [-0.25, -0.2) is 13.2 Å². The van der Waals surface area contributed by atoms with Crippen molar-refractivity contribution in [1.29, 1.82) is 0 Å². The molecule has 0 bridgehead atoms. The highest BCUT2D eigenvalue weighted by Crippen LogP contribution is 2.20. The largest absolute Gasteiger partial charge is 0.462 e. The van der Waals surface area contributed by atoms with Crippen LogP contribution in [0.3, 0.4) is 0 Å². The first kappa shape index (κ1) is 30.1. The lowest BCUT2D eigenvalue weighted by atomic mass is 10.0. The van der Waals surface area contributed by atoms with Crippen LogP contribution < -0.4 is 16.4 Å². The topological polar surface area (TPSA) is 182 Å². The molecule has 34 heavy (non-hydrogen) atoms. The number of carbonyl (C=O) groups is 4. The van der Waals surface area contributed by atoms with Gasteiger partial charge in [0.25, 0.3) is 5.91 Å². The van der Waals surface area contributed by atoms with Gasteiger partial charge in [0.05, 0.1) is 17.0 Å². The van der Waals surface area contributed by atoms with Crippen LogP contribution in [-0.2, 0) is 33.8 Å². The highest BCUT2D eigenvalue weighted by Gasteiger charge is 2.30. The summed E-state index contributed by atoms with van der Waals surface area (Å²) in [6.07, 6.45) is 1.75. The smallest absolute Gasteiger partial charge is 0.332 e. The monoisotopic (exact) mass is 557 g/mol. The van der Waals surface area contributed by atoms with Crippen LogP contribution >= 0.6 is 35.0 Å². The third-order valence-corrected chi connectivity index (χ3v) is 6.55. The second-order valence-electron chi connectivity index (χ2n) is 7.02. The number of aldehydes is 1. The number of benzene rings is 1. The molecule has 1 aromatic rings. The average Bonchev–Trinajstić information content (AvgIpc) is 2.79. The van der Waals surface area contributed by atoms with E-state index in [9.17, 15) is 32.7 Å². The highest BCUT2D eigenvalue weighted by molar-refractivity contribution is 7.98. The maximum atomic E-state index is 12.2. The second kappa shape index (κ2) is 13.9. The van der Waals surface area contributed by atoms with Crippen molar-refractivity contribution >= 4 is 68.9 Å². The number of sulfone groups is 1.